The Hall–Kier alpha value is -2.27. The first-order valence-corrected chi connectivity index (χ1v) is 14.6. The van der Waals surface area contributed by atoms with Crippen LogP contribution < -0.4 is 15.9 Å². The second kappa shape index (κ2) is 9.54. The topological polar surface area (TPSA) is 26.3 Å². The van der Waals surface area contributed by atoms with Crippen LogP contribution in [0.4, 0.5) is 0 Å². The average molecular weight is 473 g/mol. The molecule has 0 spiro atoms. The summed E-state index contributed by atoms with van der Waals surface area (Å²) in [6.07, 6.45) is 0. The summed E-state index contributed by atoms with van der Waals surface area (Å²) >= 11 is 0. The van der Waals surface area contributed by atoms with Gasteiger partial charge in [0.15, 0.2) is 0 Å². The number of rotatable bonds is 6. The predicted octanol–water partition coefficient (Wildman–Crippen LogP) is 5.58. The molecule has 0 aliphatic carbocycles. The number of hydrogen-bond acceptors (Lipinski definition) is 2. The molecule has 2 bridgehead atoms. The zero-order valence-corrected chi connectivity index (χ0v) is 21.2. The van der Waals surface area contributed by atoms with Crippen LogP contribution in [-0.4, -0.2) is 29.6 Å². The van der Waals surface area contributed by atoms with Crippen molar-refractivity contribution in [3.05, 3.63) is 102 Å². The molecule has 1 unspecified atom stereocenters. The predicted molar refractivity (Wildman–Crippen MR) is 142 cm³/mol. The smallest absolute Gasteiger partial charge is 0.310 e. The summed E-state index contributed by atoms with van der Waals surface area (Å²) in [5, 5.41) is 4.10. The molecule has 5 rings (SSSR count). The molecule has 1 fully saturated rings. The molecule has 0 radical (unpaired) electrons. The summed E-state index contributed by atoms with van der Waals surface area (Å²) in [4.78, 5) is 13.6. The Morgan fingerprint density at radius 1 is 0.788 bits per heavy atom. The molecule has 168 valence electrons. The van der Waals surface area contributed by atoms with Crippen LogP contribution in [0.3, 0.4) is 0 Å². The molecular weight excluding hydrogens is 442 g/mol. The standard InChI is InChI=1S/C29H30O2P2/c1-4-31-29(30)25-26-20(2)21(3)27(33(26)24-18-12-7-13-19-24)28(25)32(22-14-8-5-9-15-22)23-16-10-6-11-17-23/h5-19,25-28H,4H2,1-3H3/t25-,26+,27+,28?,33-/m1/s1. The highest BCUT2D eigenvalue weighted by Gasteiger charge is 2.61. The number of carbonyl (C=O) groups is 1. The molecule has 2 heterocycles. The molecule has 0 saturated carbocycles. The number of ether oxygens (including phenoxy) is 1. The zero-order valence-electron chi connectivity index (χ0n) is 19.4. The van der Waals surface area contributed by atoms with Crippen molar-refractivity contribution >= 4 is 37.7 Å². The third-order valence-electron chi connectivity index (χ3n) is 7.12. The highest BCUT2D eigenvalue weighted by atomic mass is 31.1. The van der Waals surface area contributed by atoms with E-state index >= 15 is 0 Å². The van der Waals surface area contributed by atoms with Gasteiger partial charge in [-0.3, -0.25) is 4.79 Å². The normalized spacial score (nSPS) is 26.1. The monoisotopic (exact) mass is 472 g/mol. The van der Waals surface area contributed by atoms with Gasteiger partial charge in [0.05, 0.1) is 12.5 Å². The van der Waals surface area contributed by atoms with E-state index in [1.54, 1.807) is 0 Å². The Morgan fingerprint density at radius 3 is 1.79 bits per heavy atom. The minimum atomic E-state index is -0.731. The van der Waals surface area contributed by atoms with E-state index in [-0.39, 0.29) is 23.2 Å². The number of hydrogen-bond donors (Lipinski definition) is 0. The fourth-order valence-corrected chi connectivity index (χ4v) is 13.7. The SMILES string of the molecule is CCOC(=O)[C@H]1C(P(c2ccccc2)c2ccccc2)[C@@H]2C(C)=C(C)[C@@H]1[P@@]2c1ccccc1. The summed E-state index contributed by atoms with van der Waals surface area (Å²) in [6, 6.07) is 32.6. The van der Waals surface area contributed by atoms with Crippen LogP contribution in [0.2, 0.25) is 0 Å². The van der Waals surface area contributed by atoms with Crippen LogP contribution >= 0.6 is 15.8 Å². The van der Waals surface area contributed by atoms with E-state index < -0.39 is 15.8 Å². The van der Waals surface area contributed by atoms with Crippen molar-refractivity contribution in [2.75, 3.05) is 6.61 Å². The van der Waals surface area contributed by atoms with Crippen LogP contribution in [0.15, 0.2) is 102 Å². The lowest BCUT2D eigenvalue weighted by Crippen LogP contribution is -2.41. The van der Waals surface area contributed by atoms with E-state index in [4.69, 9.17) is 4.74 Å². The Morgan fingerprint density at radius 2 is 1.27 bits per heavy atom. The van der Waals surface area contributed by atoms with Crippen LogP contribution in [0.25, 0.3) is 0 Å². The van der Waals surface area contributed by atoms with E-state index in [2.05, 4.69) is 105 Å². The van der Waals surface area contributed by atoms with E-state index in [1.807, 2.05) is 6.92 Å². The first-order valence-electron chi connectivity index (χ1n) is 11.7. The Balaban J connectivity index is 1.71. The number of esters is 1. The number of carbonyl (C=O) groups excluding carboxylic acids is 1. The Kier molecular flexibility index (Phi) is 6.51. The number of benzene rings is 3. The summed E-state index contributed by atoms with van der Waals surface area (Å²) in [5.41, 5.74) is 3.81. The first kappa shape index (κ1) is 22.5. The van der Waals surface area contributed by atoms with Crippen molar-refractivity contribution < 1.29 is 9.53 Å². The Bertz CT molecular complexity index is 1100. The summed E-state index contributed by atoms with van der Waals surface area (Å²) in [5.74, 6) is -0.110. The quantitative estimate of drug-likeness (QED) is 0.266. The molecule has 0 N–H and O–H groups in total. The fourth-order valence-electron chi connectivity index (χ4n) is 5.70. The van der Waals surface area contributed by atoms with Crippen LogP contribution in [0.5, 0.6) is 0 Å². The average Bonchev–Trinajstić information content (AvgIpc) is 3.32. The van der Waals surface area contributed by atoms with Gasteiger partial charge < -0.3 is 4.74 Å². The third-order valence-corrected chi connectivity index (χ3v) is 13.8. The van der Waals surface area contributed by atoms with Crippen LogP contribution in [-0.2, 0) is 9.53 Å². The summed E-state index contributed by atoms with van der Waals surface area (Å²) in [6.45, 7) is 6.93. The van der Waals surface area contributed by atoms with Crippen LogP contribution in [0.1, 0.15) is 20.8 Å². The zero-order chi connectivity index (χ0) is 22.9. The Labute approximate surface area is 199 Å². The largest absolute Gasteiger partial charge is 0.466 e. The molecule has 5 atom stereocenters. The van der Waals surface area contributed by atoms with Crippen molar-refractivity contribution in [1.29, 1.82) is 0 Å². The molecule has 1 saturated heterocycles. The molecule has 2 nitrogen and oxygen atoms in total. The summed E-state index contributed by atoms with van der Waals surface area (Å²) in [7, 11) is -1.25. The van der Waals surface area contributed by atoms with Gasteiger partial charge in [-0.2, -0.15) is 0 Å². The second-order valence-electron chi connectivity index (χ2n) is 8.81. The van der Waals surface area contributed by atoms with E-state index in [0.29, 0.717) is 12.3 Å². The maximum absolute atomic E-state index is 13.6. The number of allylic oxidation sites excluding steroid dienone is 2. The van der Waals surface area contributed by atoms with E-state index in [0.717, 1.165) is 0 Å². The lowest BCUT2D eigenvalue weighted by molar-refractivity contribution is -0.147. The lowest BCUT2D eigenvalue weighted by atomic mass is 9.84. The highest BCUT2D eigenvalue weighted by Crippen LogP contribution is 2.72. The van der Waals surface area contributed by atoms with E-state index in [9.17, 15) is 4.79 Å². The maximum atomic E-state index is 13.6. The van der Waals surface area contributed by atoms with Gasteiger partial charge in [0.1, 0.15) is 0 Å². The van der Waals surface area contributed by atoms with Crippen molar-refractivity contribution in [2.45, 2.75) is 37.7 Å². The van der Waals surface area contributed by atoms with Crippen molar-refractivity contribution in [2.24, 2.45) is 5.92 Å². The molecule has 4 heteroatoms. The van der Waals surface area contributed by atoms with Crippen LogP contribution in [0, 0.1) is 5.92 Å². The van der Waals surface area contributed by atoms with Gasteiger partial charge in [-0.15, -0.1) is 0 Å². The molecule has 3 aromatic rings. The van der Waals surface area contributed by atoms with Gasteiger partial charge in [-0.1, -0.05) is 110 Å². The summed E-state index contributed by atoms with van der Waals surface area (Å²) < 4.78 is 5.76. The molecule has 33 heavy (non-hydrogen) atoms. The van der Waals surface area contributed by atoms with E-state index in [1.165, 1.54) is 27.1 Å². The van der Waals surface area contributed by atoms with Crippen molar-refractivity contribution in [3.8, 4) is 0 Å². The molecular formula is C29H30O2P2. The van der Waals surface area contributed by atoms with Gasteiger partial charge in [-0.05, 0) is 44.6 Å². The van der Waals surface area contributed by atoms with Crippen molar-refractivity contribution in [3.63, 3.8) is 0 Å². The molecule has 2 aliphatic rings. The fraction of sp³-hybridized carbons (Fsp3) is 0.276. The number of fused-ring (bicyclic) bond motifs is 2. The maximum Gasteiger partial charge on any atom is 0.310 e. The lowest BCUT2D eigenvalue weighted by Gasteiger charge is -2.37. The van der Waals surface area contributed by atoms with Crippen molar-refractivity contribution in [1.82, 2.24) is 0 Å². The van der Waals surface area contributed by atoms with Gasteiger partial charge in [0.2, 0.25) is 0 Å². The van der Waals surface area contributed by atoms with Gasteiger partial charge in [0.25, 0.3) is 0 Å². The highest BCUT2D eigenvalue weighted by molar-refractivity contribution is 7.76. The van der Waals surface area contributed by atoms with Gasteiger partial charge in [-0.25, -0.2) is 0 Å². The molecule has 3 aromatic carbocycles. The van der Waals surface area contributed by atoms with Gasteiger partial charge in [0, 0.05) is 17.0 Å². The second-order valence-corrected chi connectivity index (χ2v) is 13.6. The minimum absolute atomic E-state index is 0.00959. The minimum Gasteiger partial charge on any atom is -0.466 e. The third kappa shape index (κ3) is 3.88. The molecule has 0 aromatic heterocycles. The van der Waals surface area contributed by atoms with Gasteiger partial charge >= 0.3 is 5.97 Å². The first-order chi connectivity index (χ1) is 16.1. The molecule has 0 amide bonds. The molecule has 2 aliphatic heterocycles.